The standard InChI is InChI=1S/C22H26FN5O3S.ClH/c1-2-32(29,30)18-7-8-20(19(23)9-18)28-12-16(10-27-28)22-21(11-25-14-26-22)31-13-15-3-5-17(24)6-4-15;/h7-12,14-15,17H,2-6,13,24H2,1H3;1H/t15-,17+;. The number of halogens is 2. The van der Waals surface area contributed by atoms with Crippen molar-refractivity contribution in [2.45, 2.75) is 43.5 Å². The van der Waals surface area contributed by atoms with Crippen molar-refractivity contribution in [3.63, 3.8) is 0 Å². The van der Waals surface area contributed by atoms with Crippen molar-refractivity contribution in [3.8, 4) is 22.7 Å². The van der Waals surface area contributed by atoms with Gasteiger partial charge in [-0.05, 0) is 49.8 Å². The Hall–Kier alpha value is -2.56. The molecule has 11 heteroatoms. The molecule has 2 aromatic heterocycles. The normalized spacial score (nSPS) is 18.5. The topological polar surface area (TPSA) is 113 Å². The van der Waals surface area contributed by atoms with Gasteiger partial charge in [0.15, 0.2) is 15.6 Å². The molecule has 0 aliphatic heterocycles. The van der Waals surface area contributed by atoms with Crippen molar-refractivity contribution >= 4 is 22.2 Å². The number of sulfone groups is 1. The molecule has 1 fully saturated rings. The van der Waals surface area contributed by atoms with Crippen LogP contribution < -0.4 is 10.5 Å². The van der Waals surface area contributed by atoms with Gasteiger partial charge in [-0.25, -0.2) is 27.5 Å². The smallest absolute Gasteiger partial charge is 0.178 e. The summed E-state index contributed by atoms with van der Waals surface area (Å²) in [5.41, 5.74) is 7.31. The van der Waals surface area contributed by atoms with Gasteiger partial charge in [0.2, 0.25) is 0 Å². The zero-order chi connectivity index (χ0) is 22.7. The Morgan fingerprint density at radius 3 is 2.67 bits per heavy atom. The molecule has 2 heterocycles. The molecule has 1 aromatic carbocycles. The summed E-state index contributed by atoms with van der Waals surface area (Å²) in [6, 6.07) is 4.09. The SMILES string of the molecule is CCS(=O)(=O)c1ccc(-n2cc(-c3ncncc3OC[C@H]3CC[C@@H](N)CC3)cn2)c(F)c1.Cl. The Balaban J connectivity index is 0.00000306. The first-order valence-electron chi connectivity index (χ1n) is 10.6. The van der Waals surface area contributed by atoms with E-state index in [-0.39, 0.29) is 34.8 Å². The third-order valence-corrected chi connectivity index (χ3v) is 7.54. The van der Waals surface area contributed by atoms with Gasteiger partial charge in [0, 0.05) is 17.8 Å². The lowest BCUT2D eigenvalue weighted by Gasteiger charge is -2.26. The molecule has 0 spiro atoms. The number of hydrogen-bond donors (Lipinski definition) is 1. The van der Waals surface area contributed by atoms with E-state index in [0.29, 0.717) is 29.5 Å². The van der Waals surface area contributed by atoms with Crippen LogP contribution >= 0.6 is 12.4 Å². The third kappa shape index (κ3) is 5.69. The van der Waals surface area contributed by atoms with E-state index in [2.05, 4.69) is 15.1 Å². The van der Waals surface area contributed by atoms with Crippen molar-refractivity contribution in [2.75, 3.05) is 12.4 Å². The van der Waals surface area contributed by atoms with Crippen LogP contribution in [0.5, 0.6) is 5.75 Å². The maximum Gasteiger partial charge on any atom is 0.178 e. The molecular formula is C22H27ClFN5O3S. The van der Waals surface area contributed by atoms with Crippen LogP contribution in [0.3, 0.4) is 0 Å². The zero-order valence-corrected chi connectivity index (χ0v) is 19.9. The number of nitrogens with two attached hydrogens (primary N) is 1. The summed E-state index contributed by atoms with van der Waals surface area (Å²) in [4.78, 5) is 8.34. The van der Waals surface area contributed by atoms with Gasteiger partial charge >= 0.3 is 0 Å². The van der Waals surface area contributed by atoms with E-state index < -0.39 is 15.7 Å². The van der Waals surface area contributed by atoms with Crippen molar-refractivity contribution in [3.05, 3.63) is 48.9 Å². The Kier molecular flexibility index (Phi) is 8.04. The highest BCUT2D eigenvalue weighted by molar-refractivity contribution is 7.91. The molecular weight excluding hydrogens is 469 g/mol. The minimum Gasteiger partial charge on any atom is -0.489 e. The van der Waals surface area contributed by atoms with E-state index in [1.807, 2.05) is 0 Å². The van der Waals surface area contributed by atoms with Gasteiger partial charge in [0.05, 0.1) is 29.6 Å². The fraction of sp³-hybridized carbons (Fsp3) is 0.409. The molecule has 8 nitrogen and oxygen atoms in total. The van der Waals surface area contributed by atoms with E-state index in [1.165, 1.54) is 30.1 Å². The van der Waals surface area contributed by atoms with Crippen molar-refractivity contribution in [1.29, 1.82) is 0 Å². The second-order valence-corrected chi connectivity index (χ2v) is 10.3. The maximum atomic E-state index is 14.7. The molecule has 4 rings (SSSR count). The fourth-order valence-corrected chi connectivity index (χ4v) is 4.70. The van der Waals surface area contributed by atoms with E-state index in [4.69, 9.17) is 10.5 Å². The quantitative estimate of drug-likeness (QED) is 0.533. The van der Waals surface area contributed by atoms with Gasteiger partial charge < -0.3 is 10.5 Å². The van der Waals surface area contributed by atoms with Crippen LogP contribution in [0.25, 0.3) is 16.9 Å². The third-order valence-electron chi connectivity index (χ3n) is 5.81. The van der Waals surface area contributed by atoms with Crippen LogP contribution in [0.15, 0.2) is 48.0 Å². The summed E-state index contributed by atoms with van der Waals surface area (Å²) in [5, 5.41) is 4.23. The summed E-state index contributed by atoms with van der Waals surface area (Å²) < 4.78 is 46.0. The predicted octanol–water partition coefficient (Wildman–Crippen LogP) is 3.58. The molecule has 1 aliphatic carbocycles. The molecule has 2 N–H and O–H groups in total. The number of hydrogen-bond acceptors (Lipinski definition) is 7. The van der Waals surface area contributed by atoms with E-state index >= 15 is 0 Å². The van der Waals surface area contributed by atoms with Gasteiger partial charge in [-0.1, -0.05) is 6.92 Å². The number of aromatic nitrogens is 4. The van der Waals surface area contributed by atoms with Crippen LogP contribution in [-0.4, -0.2) is 46.6 Å². The van der Waals surface area contributed by atoms with E-state index in [9.17, 15) is 12.8 Å². The molecule has 178 valence electrons. The molecule has 0 unspecified atom stereocenters. The summed E-state index contributed by atoms with van der Waals surface area (Å²) in [6.45, 7) is 2.08. The first-order chi connectivity index (χ1) is 15.4. The van der Waals surface area contributed by atoms with Gasteiger partial charge in [-0.15, -0.1) is 12.4 Å². The average Bonchev–Trinajstić information content (AvgIpc) is 3.28. The number of nitrogens with zero attached hydrogens (tertiary/aromatic N) is 4. The maximum absolute atomic E-state index is 14.7. The number of benzene rings is 1. The predicted molar refractivity (Wildman–Crippen MR) is 125 cm³/mol. The number of rotatable bonds is 7. The molecule has 0 saturated heterocycles. The van der Waals surface area contributed by atoms with Crippen molar-refractivity contribution in [2.24, 2.45) is 11.7 Å². The van der Waals surface area contributed by atoms with Gasteiger partial charge in [-0.3, -0.25) is 0 Å². The molecule has 0 amide bonds. The molecule has 1 saturated carbocycles. The summed E-state index contributed by atoms with van der Waals surface area (Å²) in [6.07, 6.45) is 10.3. The van der Waals surface area contributed by atoms with Crippen LogP contribution in [0, 0.1) is 11.7 Å². The average molecular weight is 496 g/mol. The largest absolute Gasteiger partial charge is 0.489 e. The highest BCUT2D eigenvalue weighted by Crippen LogP contribution is 2.30. The minimum absolute atomic E-state index is 0. The molecule has 1 aliphatic rings. The van der Waals surface area contributed by atoms with Gasteiger partial charge in [-0.2, -0.15) is 5.10 Å². The monoisotopic (exact) mass is 495 g/mol. The molecule has 33 heavy (non-hydrogen) atoms. The Morgan fingerprint density at radius 1 is 1.21 bits per heavy atom. The fourth-order valence-electron chi connectivity index (χ4n) is 3.81. The first-order valence-corrected chi connectivity index (χ1v) is 12.3. The number of ether oxygens (including phenoxy) is 1. The zero-order valence-electron chi connectivity index (χ0n) is 18.2. The highest BCUT2D eigenvalue weighted by atomic mass is 35.5. The summed E-state index contributed by atoms with van der Waals surface area (Å²) in [5.74, 6) is 0.204. The van der Waals surface area contributed by atoms with Gasteiger partial charge in [0.25, 0.3) is 0 Å². The minimum atomic E-state index is -3.49. The second kappa shape index (κ2) is 10.6. The lowest BCUT2D eigenvalue weighted by Crippen LogP contribution is -2.28. The summed E-state index contributed by atoms with van der Waals surface area (Å²) in [7, 11) is -3.49. The van der Waals surface area contributed by atoms with Crippen molar-refractivity contribution in [1.82, 2.24) is 19.7 Å². The highest BCUT2D eigenvalue weighted by Gasteiger charge is 2.21. The molecule has 3 aromatic rings. The molecule has 0 bridgehead atoms. The van der Waals surface area contributed by atoms with E-state index in [1.54, 1.807) is 18.6 Å². The van der Waals surface area contributed by atoms with E-state index in [0.717, 1.165) is 31.7 Å². The molecule has 0 radical (unpaired) electrons. The summed E-state index contributed by atoms with van der Waals surface area (Å²) >= 11 is 0. The van der Waals surface area contributed by atoms with Gasteiger partial charge in [0.1, 0.15) is 23.5 Å². The Bertz CT molecular complexity index is 1200. The Labute approximate surface area is 198 Å². The lowest BCUT2D eigenvalue weighted by atomic mass is 9.87. The van der Waals surface area contributed by atoms with Crippen LogP contribution in [-0.2, 0) is 9.84 Å². The van der Waals surface area contributed by atoms with Crippen LogP contribution in [0.1, 0.15) is 32.6 Å². The first kappa shape index (κ1) is 25.1. The second-order valence-electron chi connectivity index (χ2n) is 8.02. The lowest BCUT2D eigenvalue weighted by molar-refractivity contribution is 0.200. The molecule has 0 atom stereocenters. The van der Waals surface area contributed by atoms with Crippen molar-refractivity contribution < 1.29 is 17.5 Å². The van der Waals surface area contributed by atoms with Crippen LogP contribution in [0.4, 0.5) is 4.39 Å². The van der Waals surface area contributed by atoms with Crippen LogP contribution in [0.2, 0.25) is 0 Å². The Morgan fingerprint density at radius 2 is 1.97 bits per heavy atom.